The van der Waals surface area contributed by atoms with Gasteiger partial charge < -0.3 is 10.2 Å². The molecule has 2 N–H and O–H groups in total. The number of nitro groups is 1. The predicted octanol–water partition coefficient (Wildman–Crippen LogP) is 1.04. The maximum absolute atomic E-state index is 12.9. The van der Waals surface area contributed by atoms with Crippen molar-refractivity contribution >= 4 is 5.69 Å². The molecule has 90 valence electrons. The third-order valence-electron chi connectivity index (χ3n) is 2.17. The van der Waals surface area contributed by atoms with E-state index in [1.54, 1.807) is 6.07 Å². The van der Waals surface area contributed by atoms with Gasteiger partial charge in [0.05, 0.1) is 29.1 Å². The fourth-order valence-electron chi connectivity index (χ4n) is 1.34. The molecule has 0 aliphatic heterocycles. The summed E-state index contributed by atoms with van der Waals surface area (Å²) in [4.78, 5) is 9.85. The first-order chi connectivity index (χ1) is 7.97. The number of hydrogen-bond donors (Lipinski definition) is 2. The molecule has 0 radical (unpaired) electrons. The SMILES string of the molecule is N#CCC(O)C(O)c1cc(F)ccc1[N+](=O)[O-]. The maximum Gasteiger partial charge on any atom is 0.275 e. The van der Waals surface area contributed by atoms with E-state index >= 15 is 0 Å². The van der Waals surface area contributed by atoms with E-state index in [-0.39, 0.29) is 5.56 Å². The molecule has 0 heterocycles. The summed E-state index contributed by atoms with van der Waals surface area (Å²) in [6.07, 6.45) is -3.58. The van der Waals surface area contributed by atoms with Crippen LogP contribution in [0.2, 0.25) is 0 Å². The van der Waals surface area contributed by atoms with Crippen LogP contribution in [-0.4, -0.2) is 21.2 Å². The second kappa shape index (κ2) is 5.34. The highest BCUT2D eigenvalue weighted by molar-refractivity contribution is 5.42. The molecule has 2 atom stereocenters. The minimum absolute atomic E-state index is 0.349. The van der Waals surface area contributed by atoms with Gasteiger partial charge >= 0.3 is 0 Å². The Hall–Kier alpha value is -2.04. The third-order valence-corrected chi connectivity index (χ3v) is 2.17. The minimum atomic E-state index is -1.68. The van der Waals surface area contributed by atoms with Crippen LogP contribution in [-0.2, 0) is 0 Å². The van der Waals surface area contributed by atoms with Crippen LogP contribution in [0.5, 0.6) is 0 Å². The van der Waals surface area contributed by atoms with Gasteiger partial charge in [0, 0.05) is 6.07 Å². The summed E-state index contributed by atoms with van der Waals surface area (Å²) < 4.78 is 12.9. The lowest BCUT2D eigenvalue weighted by Crippen LogP contribution is -2.18. The summed E-state index contributed by atoms with van der Waals surface area (Å²) >= 11 is 0. The highest BCUT2D eigenvalue weighted by Crippen LogP contribution is 2.28. The lowest BCUT2D eigenvalue weighted by atomic mass is 10.0. The first-order valence-corrected chi connectivity index (χ1v) is 4.64. The summed E-state index contributed by atoms with van der Waals surface area (Å²) in [5.74, 6) is -0.770. The fraction of sp³-hybridized carbons (Fsp3) is 0.300. The van der Waals surface area contributed by atoms with Crippen LogP contribution in [0, 0.1) is 27.3 Å². The van der Waals surface area contributed by atoms with Gasteiger partial charge in [-0.05, 0) is 12.1 Å². The van der Waals surface area contributed by atoms with Crippen molar-refractivity contribution in [3.8, 4) is 6.07 Å². The van der Waals surface area contributed by atoms with Crippen molar-refractivity contribution in [3.63, 3.8) is 0 Å². The molecular formula is C10H9FN2O4. The average Bonchev–Trinajstić information content (AvgIpc) is 2.27. The summed E-state index contributed by atoms with van der Waals surface area (Å²) in [5, 5.41) is 37.9. The molecule has 17 heavy (non-hydrogen) atoms. The lowest BCUT2D eigenvalue weighted by molar-refractivity contribution is -0.386. The maximum atomic E-state index is 12.9. The van der Waals surface area contributed by atoms with Crippen molar-refractivity contribution in [1.29, 1.82) is 5.26 Å². The molecule has 0 aliphatic rings. The van der Waals surface area contributed by atoms with Gasteiger partial charge in [-0.2, -0.15) is 5.26 Å². The minimum Gasteiger partial charge on any atom is -0.389 e. The molecule has 0 saturated heterocycles. The smallest absolute Gasteiger partial charge is 0.275 e. The molecular weight excluding hydrogens is 231 g/mol. The zero-order valence-corrected chi connectivity index (χ0v) is 8.58. The van der Waals surface area contributed by atoms with E-state index in [1.807, 2.05) is 0 Å². The van der Waals surface area contributed by atoms with Crippen molar-refractivity contribution in [2.45, 2.75) is 18.6 Å². The standard InChI is InChI=1S/C10H9FN2O4/c11-6-1-2-8(13(16)17)7(5-6)10(15)9(14)3-4-12/h1-2,5,9-10,14-15H,3H2. The number of hydrogen-bond acceptors (Lipinski definition) is 5. The molecule has 0 fully saturated rings. The predicted molar refractivity (Wildman–Crippen MR) is 54.3 cm³/mol. The largest absolute Gasteiger partial charge is 0.389 e. The van der Waals surface area contributed by atoms with E-state index in [0.717, 1.165) is 18.2 Å². The molecule has 1 rings (SSSR count). The zero-order chi connectivity index (χ0) is 13.0. The van der Waals surface area contributed by atoms with E-state index in [4.69, 9.17) is 5.26 Å². The number of halogens is 1. The molecule has 0 bridgehead atoms. The van der Waals surface area contributed by atoms with E-state index in [1.165, 1.54) is 0 Å². The van der Waals surface area contributed by atoms with E-state index < -0.39 is 35.1 Å². The van der Waals surface area contributed by atoms with E-state index in [0.29, 0.717) is 0 Å². The van der Waals surface area contributed by atoms with Gasteiger partial charge in [-0.1, -0.05) is 0 Å². The topological polar surface area (TPSA) is 107 Å². The number of nitriles is 1. The van der Waals surface area contributed by atoms with E-state index in [2.05, 4.69) is 0 Å². The van der Waals surface area contributed by atoms with Gasteiger partial charge in [0.2, 0.25) is 0 Å². The monoisotopic (exact) mass is 240 g/mol. The summed E-state index contributed by atoms with van der Waals surface area (Å²) in [6.45, 7) is 0. The quantitative estimate of drug-likeness (QED) is 0.603. The summed E-state index contributed by atoms with van der Waals surface area (Å²) in [7, 11) is 0. The molecule has 1 aromatic carbocycles. The van der Waals surface area contributed by atoms with Gasteiger partial charge in [0.15, 0.2) is 0 Å². The summed E-state index contributed by atoms with van der Waals surface area (Å²) in [5.41, 5.74) is -0.853. The van der Waals surface area contributed by atoms with Crippen molar-refractivity contribution in [3.05, 3.63) is 39.7 Å². The normalized spacial score (nSPS) is 13.8. The molecule has 0 amide bonds. The first-order valence-electron chi connectivity index (χ1n) is 4.64. The fourth-order valence-corrected chi connectivity index (χ4v) is 1.34. The van der Waals surface area contributed by atoms with Crippen molar-refractivity contribution in [1.82, 2.24) is 0 Å². The molecule has 0 saturated carbocycles. The Morgan fingerprint density at radius 3 is 2.71 bits per heavy atom. The number of aliphatic hydroxyl groups excluding tert-OH is 2. The van der Waals surface area contributed by atoms with Gasteiger partial charge in [-0.15, -0.1) is 0 Å². The van der Waals surface area contributed by atoms with Gasteiger partial charge in [0.1, 0.15) is 11.9 Å². The number of nitro benzene ring substituents is 1. The van der Waals surface area contributed by atoms with E-state index in [9.17, 15) is 24.7 Å². The second-order valence-corrected chi connectivity index (χ2v) is 3.33. The van der Waals surface area contributed by atoms with Crippen LogP contribution in [0.4, 0.5) is 10.1 Å². The first kappa shape index (κ1) is 13.0. The van der Waals surface area contributed by atoms with Crippen LogP contribution < -0.4 is 0 Å². The number of benzene rings is 1. The molecule has 0 aromatic heterocycles. The zero-order valence-electron chi connectivity index (χ0n) is 8.58. The lowest BCUT2D eigenvalue weighted by Gasteiger charge is -2.15. The summed E-state index contributed by atoms with van der Waals surface area (Å²) in [6, 6.07) is 4.15. The molecule has 0 spiro atoms. The molecule has 2 unspecified atom stereocenters. The molecule has 1 aromatic rings. The second-order valence-electron chi connectivity index (χ2n) is 3.33. The van der Waals surface area contributed by atoms with Gasteiger partial charge in [-0.3, -0.25) is 10.1 Å². The Morgan fingerprint density at radius 2 is 2.18 bits per heavy atom. The average molecular weight is 240 g/mol. The third kappa shape index (κ3) is 2.96. The molecule has 6 nitrogen and oxygen atoms in total. The highest BCUT2D eigenvalue weighted by Gasteiger charge is 2.26. The Bertz CT molecular complexity index is 472. The Kier molecular flexibility index (Phi) is 4.09. The molecule has 7 heteroatoms. The number of rotatable bonds is 4. The Morgan fingerprint density at radius 1 is 1.53 bits per heavy atom. The van der Waals surface area contributed by atoms with Crippen LogP contribution in [0.15, 0.2) is 18.2 Å². The van der Waals surface area contributed by atoms with Crippen LogP contribution in [0.3, 0.4) is 0 Å². The Labute approximate surface area is 95.7 Å². The van der Waals surface area contributed by atoms with Crippen LogP contribution >= 0.6 is 0 Å². The Balaban J connectivity index is 3.15. The molecule has 0 aliphatic carbocycles. The van der Waals surface area contributed by atoms with Gasteiger partial charge in [-0.25, -0.2) is 4.39 Å². The van der Waals surface area contributed by atoms with Crippen LogP contribution in [0.1, 0.15) is 18.1 Å². The van der Waals surface area contributed by atoms with Crippen molar-refractivity contribution in [2.24, 2.45) is 0 Å². The number of aliphatic hydroxyl groups is 2. The highest BCUT2D eigenvalue weighted by atomic mass is 19.1. The van der Waals surface area contributed by atoms with Crippen LogP contribution in [0.25, 0.3) is 0 Å². The van der Waals surface area contributed by atoms with Crippen molar-refractivity contribution < 1.29 is 19.5 Å². The van der Waals surface area contributed by atoms with Crippen molar-refractivity contribution in [2.75, 3.05) is 0 Å². The number of nitrogens with zero attached hydrogens (tertiary/aromatic N) is 2. The van der Waals surface area contributed by atoms with Gasteiger partial charge in [0.25, 0.3) is 5.69 Å².